The van der Waals surface area contributed by atoms with Gasteiger partial charge in [0, 0.05) is 24.5 Å². The number of aromatic nitrogens is 1. The summed E-state index contributed by atoms with van der Waals surface area (Å²) in [5.41, 5.74) is 1.50. The quantitative estimate of drug-likeness (QED) is 0.703. The summed E-state index contributed by atoms with van der Waals surface area (Å²) < 4.78 is 0. The molecule has 0 bridgehead atoms. The number of nitrogens with zero attached hydrogens (tertiary/aromatic N) is 3. The molecule has 166 valence electrons. The fourth-order valence-electron chi connectivity index (χ4n) is 4.61. The molecule has 1 aromatic carbocycles. The number of piperidine rings is 2. The number of nitrogens with one attached hydrogen (secondary N) is 2. The third-order valence-electron chi connectivity index (χ3n) is 6.58. The SMILES string of the molecule is CN1CCC(N2CCC(CNc3ccccc3C(=O)Nc3ccc(Cl)cn3)CC2)CC1. The number of rotatable bonds is 6. The lowest BCUT2D eigenvalue weighted by atomic mass is 9.93. The lowest BCUT2D eigenvalue weighted by Gasteiger charge is -2.41. The Hall–Kier alpha value is -2.15. The maximum atomic E-state index is 12.8. The van der Waals surface area contributed by atoms with Crippen molar-refractivity contribution in [1.82, 2.24) is 14.8 Å². The van der Waals surface area contributed by atoms with Crippen LogP contribution in [0.4, 0.5) is 11.5 Å². The first-order valence-corrected chi connectivity index (χ1v) is 11.6. The van der Waals surface area contributed by atoms with Crippen LogP contribution in [0, 0.1) is 5.92 Å². The number of benzene rings is 1. The molecule has 0 unspecified atom stereocenters. The molecule has 2 aromatic rings. The second-order valence-corrected chi connectivity index (χ2v) is 9.19. The van der Waals surface area contributed by atoms with Gasteiger partial charge in [0.25, 0.3) is 5.91 Å². The third-order valence-corrected chi connectivity index (χ3v) is 6.80. The molecule has 0 saturated carbocycles. The van der Waals surface area contributed by atoms with Gasteiger partial charge in [-0.2, -0.15) is 0 Å². The number of halogens is 1. The minimum Gasteiger partial charge on any atom is -0.384 e. The van der Waals surface area contributed by atoms with Crippen LogP contribution in [0.25, 0.3) is 0 Å². The van der Waals surface area contributed by atoms with Crippen LogP contribution in [0.1, 0.15) is 36.0 Å². The number of carbonyl (C=O) groups is 1. The van der Waals surface area contributed by atoms with Gasteiger partial charge in [-0.05, 0) is 89.1 Å². The monoisotopic (exact) mass is 441 g/mol. The van der Waals surface area contributed by atoms with Crippen molar-refractivity contribution in [1.29, 1.82) is 0 Å². The Morgan fingerprint density at radius 1 is 1.06 bits per heavy atom. The van der Waals surface area contributed by atoms with Gasteiger partial charge in [0.15, 0.2) is 0 Å². The second kappa shape index (κ2) is 10.4. The Morgan fingerprint density at radius 3 is 2.52 bits per heavy atom. The Bertz CT molecular complexity index is 859. The van der Waals surface area contributed by atoms with E-state index in [0.717, 1.165) is 18.3 Å². The summed E-state index contributed by atoms with van der Waals surface area (Å²) >= 11 is 5.87. The van der Waals surface area contributed by atoms with Gasteiger partial charge < -0.3 is 20.4 Å². The number of para-hydroxylation sites is 1. The Morgan fingerprint density at radius 2 is 1.81 bits per heavy atom. The van der Waals surface area contributed by atoms with Gasteiger partial charge in [0.2, 0.25) is 0 Å². The first-order valence-electron chi connectivity index (χ1n) is 11.3. The van der Waals surface area contributed by atoms with Crippen LogP contribution in [-0.2, 0) is 0 Å². The highest BCUT2D eigenvalue weighted by atomic mass is 35.5. The van der Waals surface area contributed by atoms with E-state index in [1.807, 2.05) is 24.3 Å². The summed E-state index contributed by atoms with van der Waals surface area (Å²) in [5, 5.41) is 6.93. The third kappa shape index (κ3) is 5.97. The largest absolute Gasteiger partial charge is 0.384 e. The normalized spacial score (nSPS) is 19.3. The van der Waals surface area contributed by atoms with E-state index in [1.165, 1.54) is 58.1 Å². The molecule has 0 radical (unpaired) electrons. The highest BCUT2D eigenvalue weighted by Gasteiger charge is 2.27. The molecule has 2 aliphatic heterocycles. The van der Waals surface area contributed by atoms with E-state index in [4.69, 9.17) is 11.6 Å². The number of likely N-dealkylation sites (tertiary alicyclic amines) is 2. The topological polar surface area (TPSA) is 60.5 Å². The average molecular weight is 442 g/mol. The van der Waals surface area contributed by atoms with Crippen molar-refractivity contribution in [3.8, 4) is 0 Å². The van der Waals surface area contributed by atoms with Crippen LogP contribution >= 0.6 is 11.6 Å². The molecular weight excluding hydrogens is 410 g/mol. The van der Waals surface area contributed by atoms with E-state index in [-0.39, 0.29) is 5.91 Å². The summed E-state index contributed by atoms with van der Waals surface area (Å²) in [4.78, 5) is 22.1. The van der Waals surface area contributed by atoms with Crippen LogP contribution in [0.15, 0.2) is 42.6 Å². The van der Waals surface area contributed by atoms with Crippen LogP contribution in [0.3, 0.4) is 0 Å². The van der Waals surface area contributed by atoms with Crippen LogP contribution in [0.2, 0.25) is 5.02 Å². The number of pyridine rings is 1. The molecule has 6 nitrogen and oxygen atoms in total. The Balaban J connectivity index is 1.28. The summed E-state index contributed by atoms with van der Waals surface area (Å²) in [5.74, 6) is 0.956. The molecule has 0 aliphatic carbocycles. The van der Waals surface area contributed by atoms with Crippen LogP contribution < -0.4 is 10.6 Å². The van der Waals surface area contributed by atoms with Crippen molar-refractivity contribution in [2.24, 2.45) is 5.92 Å². The summed E-state index contributed by atoms with van der Waals surface area (Å²) in [6.45, 7) is 5.70. The zero-order valence-electron chi connectivity index (χ0n) is 18.2. The van der Waals surface area contributed by atoms with Crippen LogP contribution in [-0.4, -0.2) is 66.5 Å². The molecule has 4 rings (SSSR count). The van der Waals surface area contributed by atoms with E-state index in [0.29, 0.717) is 22.3 Å². The molecule has 3 heterocycles. The van der Waals surface area contributed by atoms with Gasteiger partial charge in [-0.15, -0.1) is 0 Å². The minimum absolute atomic E-state index is 0.171. The molecule has 2 saturated heterocycles. The molecular formula is C24H32ClN5O. The number of carbonyl (C=O) groups excluding carboxylic acids is 1. The smallest absolute Gasteiger partial charge is 0.258 e. The van der Waals surface area contributed by atoms with Crippen molar-refractivity contribution >= 4 is 29.0 Å². The van der Waals surface area contributed by atoms with E-state index < -0.39 is 0 Å². The number of amides is 1. The van der Waals surface area contributed by atoms with E-state index in [1.54, 1.807) is 12.1 Å². The van der Waals surface area contributed by atoms with Crippen molar-refractivity contribution < 1.29 is 4.79 Å². The number of hydrogen-bond donors (Lipinski definition) is 2. The van der Waals surface area contributed by atoms with Crippen molar-refractivity contribution in [2.45, 2.75) is 31.7 Å². The Labute approximate surface area is 190 Å². The van der Waals surface area contributed by atoms with E-state index >= 15 is 0 Å². The molecule has 7 heteroatoms. The molecule has 2 N–H and O–H groups in total. The Kier molecular flexibility index (Phi) is 7.43. The molecule has 2 fully saturated rings. The zero-order valence-corrected chi connectivity index (χ0v) is 18.9. The maximum Gasteiger partial charge on any atom is 0.258 e. The molecule has 0 spiro atoms. The molecule has 2 aliphatic rings. The summed E-state index contributed by atoms with van der Waals surface area (Å²) in [7, 11) is 2.22. The first kappa shape index (κ1) is 22.1. The predicted octanol–water partition coefficient (Wildman–Crippen LogP) is 4.21. The van der Waals surface area contributed by atoms with Gasteiger partial charge in [-0.1, -0.05) is 23.7 Å². The van der Waals surface area contributed by atoms with Gasteiger partial charge in [0.05, 0.1) is 10.6 Å². The fraction of sp³-hybridized carbons (Fsp3) is 0.500. The van der Waals surface area contributed by atoms with Gasteiger partial charge in [0.1, 0.15) is 5.82 Å². The minimum atomic E-state index is -0.171. The first-order chi connectivity index (χ1) is 15.1. The van der Waals surface area contributed by atoms with Gasteiger partial charge >= 0.3 is 0 Å². The van der Waals surface area contributed by atoms with Crippen LogP contribution in [0.5, 0.6) is 0 Å². The molecule has 1 amide bonds. The van der Waals surface area contributed by atoms with Gasteiger partial charge in [-0.3, -0.25) is 4.79 Å². The standard InChI is InChI=1S/C24H32ClN5O/c1-29-12-10-20(11-13-29)30-14-8-18(9-15-30)16-26-22-5-3-2-4-21(22)24(31)28-23-7-6-19(25)17-27-23/h2-7,17-18,20,26H,8-16H2,1H3,(H,27,28,31). The van der Waals surface area contributed by atoms with Crippen molar-refractivity contribution in [3.05, 3.63) is 53.2 Å². The average Bonchev–Trinajstić information content (AvgIpc) is 2.80. The highest BCUT2D eigenvalue weighted by Crippen LogP contribution is 2.25. The summed E-state index contributed by atoms with van der Waals surface area (Å²) in [6.07, 6.45) is 6.54. The van der Waals surface area contributed by atoms with E-state index in [2.05, 4.69) is 32.5 Å². The lowest BCUT2D eigenvalue weighted by molar-refractivity contribution is 0.0876. The molecule has 0 atom stereocenters. The predicted molar refractivity (Wildman–Crippen MR) is 127 cm³/mol. The second-order valence-electron chi connectivity index (χ2n) is 8.76. The number of anilines is 2. The van der Waals surface area contributed by atoms with Crippen molar-refractivity contribution in [2.75, 3.05) is 50.4 Å². The molecule has 1 aromatic heterocycles. The highest BCUT2D eigenvalue weighted by molar-refractivity contribution is 6.30. The van der Waals surface area contributed by atoms with Gasteiger partial charge in [-0.25, -0.2) is 4.98 Å². The summed E-state index contributed by atoms with van der Waals surface area (Å²) in [6, 6.07) is 11.8. The van der Waals surface area contributed by atoms with E-state index in [9.17, 15) is 4.79 Å². The molecule has 31 heavy (non-hydrogen) atoms. The fourth-order valence-corrected chi connectivity index (χ4v) is 4.72. The number of hydrogen-bond acceptors (Lipinski definition) is 5. The van der Waals surface area contributed by atoms with Crippen molar-refractivity contribution in [3.63, 3.8) is 0 Å². The zero-order chi connectivity index (χ0) is 21.6. The lowest BCUT2D eigenvalue weighted by Crippen LogP contribution is -2.47. The maximum absolute atomic E-state index is 12.8.